The molecule has 6 nitrogen and oxygen atoms in total. The number of primary sulfonamides is 1. The lowest BCUT2D eigenvalue weighted by Gasteiger charge is -2.04. The predicted octanol–water partition coefficient (Wildman–Crippen LogP) is 1.79. The van der Waals surface area contributed by atoms with Crippen molar-refractivity contribution >= 4 is 10.0 Å². The van der Waals surface area contributed by atoms with Gasteiger partial charge in [-0.1, -0.05) is 18.2 Å². The van der Waals surface area contributed by atoms with E-state index < -0.39 is 10.0 Å². The van der Waals surface area contributed by atoms with Gasteiger partial charge in [0.05, 0.1) is 16.8 Å². The molecule has 3 aromatic rings. The van der Waals surface area contributed by atoms with Crippen molar-refractivity contribution in [3.63, 3.8) is 0 Å². The Kier molecular flexibility index (Phi) is 3.28. The molecule has 3 rings (SSSR count). The Hall–Kier alpha value is -2.51. The van der Waals surface area contributed by atoms with E-state index in [-0.39, 0.29) is 4.90 Å². The Balaban J connectivity index is 2.05. The fourth-order valence-electron chi connectivity index (χ4n) is 2.06. The number of nitrogens with one attached hydrogen (secondary N) is 1. The highest BCUT2D eigenvalue weighted by atomic mass is 32.2. The summed E-state index contributed by atoms with van der Waals surface area (Å²) in [6.07, 6.45) is 5.15. The van der Waals surface area contributed by atoms with E-state index in [1.807, 2.05) is 12.1 Å². The number of hydrogen-bond donors (Lipinski definition) is 2. The molecule has 0 unspecified atom stereocenters. The van der Waals surface area contributed by atoms with Crippen LogP contribution in [0.15, 0.2) is 59.9 Å². The molecule has 0 saturated heterocycles. The van der Waals surface area contributed by atoms with Gasteiger partial charge in [0.25, 0.3) is 0 Å². The predicted molar refractivity (Wildman–Crippen MR) is 78.6 cm³/mol. The normalized spacial score (nSPS) is 11.5. The second kappa shape index (κ2) is 5.12. The van der Waals surface area contributed by atoms with E-state index in [1.54, 1.807) is 30.7 Å². The second-order valence-electron chi connectivity index (χ2n) is 4.47. The number of benzene rings is 1. The summed E-state index contributed by atoms with van der Waals surface area (Å²) in [6, 6.07) is 10.1. The summed E-state index contributed by atoms with van der Waals surface area (Å²) in [7, 11) is -3.69. The summed E-state index contributed by atoms with van der Waals surface area (Å²) >= 11 is 0. The Bertz CT molecular complexity index is 856. The highest BCUT2D eigenvalue weighted by molar-refractivity contribution is 7.89. The van der Waals surface area contributed by atoms with Crippen LogP contribution < -0.4 is 5.14 Å². The Morgan fingerprint density at radius 3 is 2.38 bits per heavy atom. The molecule has 21 heavy (non-hydrogen) atoms. The van der Waals surface area contributed by atoms with Crippen LogP contribution in [0.25, 0.3) is 22.4 Å². The van der Waals surface area contributed by atoms with E-state index in [4.69, 9.17) is 5.14 Å². The highest BCUT2D eigenvalue weighted by Gasteiger charge is 2.12. The number of nitrogens with two attached hydrogens (primary N) is 1. The molecule has 0 atom stereocenters. The monoisotopic (exact) mass is 300 g/mol. The van der Waals surface area contributed by atoms with E-state index in [2.05, 4.69) is 15.2 Å². The molecule has 3 N–H and O–H groups in total. The first-order valence-electron chi connectivity index (χ1n) is 6.13. The van der Waals surface area contributed by atoms with Crippen LogP contribution in [-0.2, 0) is 10.0 Å². The summed E-state index contributed by atoms with van der Waals surface area (Å²) in [4.78, 5) is 4.16. The molecule has 2 heterocycles. The molecular weight excluding hydrogens is 288 g/mol. The van der Waals surface area contributed by atoms with Crippen LogP contribution in [0.4, 0.5) is 0 Å². The van der Waals surface area contributed by atoms with Gasteiger partial charge >= 0.3 is 0 Å². The summed E-state index contributed by atoms with van der Waals surface area (Å²) in [5, 5.41) is 12.1. The van der Waals surface area contributed by atoms with Gasteiger partial charge in [0.2, 0.25) is 10.0 Å². The third-order valence-corrected chi connectivity index (χ3v) is 4.01. The minimum absolute atomic E-state index is 0.0775. The van der Waals surface area contributed by atoms with Crippen LogP contribution in [0.5, 0.6) is 0 Å². The summed E-state index contributed by atoms with van der Waals surface area (Å²) in [5.41, 5.74) is 3.44. The number of H-pyrrole nitrogens is 1. The molecule has 7 heteroatoms. The standard InChI is InChI=1S/C14H12N4O2S/c15-21(19,20)12-5-3-10(4-6-12)14-13(9-17-18-14)11-2-1-7-16-8-11/h1-9H,(H,17,18)(H2,15,19,20). The van der Waals surface area contributed by atoms with Crippen molar-refractivity contribution in [2.45, 2.75) is 4.90 Å². The average molecular weight is 300 g/mol. The molecule has 0 aliphatic carbocycles. The van der Waals surface area contributed by atoms with Gasteiger partial charge in [-0.25, -0.2) is 13.6 Å². The molecule has 0 fully saturated rings. The molecule has 0 bridgehead atoms. The van der Waals surface area contributed by atoms with Gasteiger partial charge in [0, 0.05) is 29.1 Å². The molecule has 0 aliphatic rings. The number of hydrogen-bond acceptors (Lipinski definition) is 4. The minimum atomic E-state index is -3.69. The number of aromatic amines is 1. The van der Waals surface area contributed by atoms with Crippen molar-refractivity contribution in [1.82, 2.24) is 15.2 Å². The van der Waals surface area contributed by atoms with Crippen molar-refractivity contribution in [2.24, 2.45) is 5.14 Å². The first kappa shape index (κ1) is 13.5. The Labute approximate surface area is 121 Å². The van der Waals surface area contributed by atoms with Crippen LogP contribution in [-0.4, -0.2) is 23.6 Å². The van der Waals surface area contributed by atoms with Crippen LogP contribution in [0, 0.1) is 0 Å². The minimum Gasteiger partial charge on any atom is -0.277 e. The van der Waals surface area contributed by atoms with Crippen LogP contribution >= 0.6 is 0 Å². The molecular formula is C14H12N4O2S. The maximum atomic E-state index is 11.3. The maximum Gasteiger partial charge on any atom is 0.238 e. The van der Waals surface area contributed by atoms with Crippen molar-refractivity contribution in [3.05, 3.63) is 55.0 Å². The van der Waals surface area contributed by atoms with E-state index in [1.165, 1.54) is 12.1 Å². The van der Waals surface area contributed by atoms with Gasteiger partial charge < -0.3 is 0 Å². The molecule has 0 amide bonds. The zero-order valence-electron chi connectivity index (χ0n) is 10.9. The first-order chi connectivity index (χ1) is 10.1. The summed E-state index contributed by atoms with van der Waals surface area (Å²) in [5.74, 6) is 0. The Morgan fingerprint density at radius 1 is 1.00 bits per heavy atom. The molecule has 0 radical (unpaired) electrons. The molecule has 0 saturated carbocycles. The van der Waals surface area contributed by atoms with E-state index in [0.717, 1.165) is 22.4 Å². The largest absolute Gasteiger partial charge is 0.277 e. The van der Waals surface area contributed by atoms with Crippen molar-refractivity contribution in [1.29, 1.82) is 0 Å². The van der Waals surface area contributed by atoms with Crippen molar-refractivity contribution in [3.8, 4) is 22.4 Å². The van der Waals surface area contributed by atoms with E-state index in [0.29, 0.717) is 0 Å². The molecule has 2 aromatic heterocycles. The fourth-order valence-corrected chi connectivity index (χ4v) is 2.57. The third-order valence-electron chi connectivity index (χ3n) is 3.08. The lowest BCUT2D eigenvalue weighted by atomic mass is 10.0. The molecule has 1 aromatic carbocycles. The van der Waals surface area contributed by atoms with Crippen LogP contribution in [0.1, 0.15) is 0 Å². The number of pyridine rings is 1. The van der Waals surface area contributed by atoms with Gasteiger partial charge in [0.1, 0.15) is 0 Å². The zero-order chi connectivity index (χ0) is 14.9. The van der Waals surface area contributed by atoms with Crippen molar-refractivity contribution < 1.29 is 8.42 Å². The van der Waals surface area contributed by atoms with Crippen LogP contribution in [0.2, 0.25) is 0 Å². The quantitative estimate of drug-likeness (QED) is 0.769. The summed E-state index contributed by atoms with van der Waals surface area (Å²) < 4.78 is 22.5. The fraction of sp³-hybridized carbons (Fsp3) is 0. The van der Waals surface area contributed by atoms with Gasteiger partial charge in [-0.2, -0.15) is 5.10 Å². The SMILES string of the molecule is NS(=O)(=O)c1ccc(-c2[nH]ncc2-c2cccnc2)cc1. The third kappa shape index (κ3) is 2.69. The lowest BCUT2D eigenvalue weighted by molar-refractivity contribution is 0.598. The van der Waals surface area contributed by atoms with Gasteiger partial charge in [-0.05, 0) is 18.2 Å². The van der Waals surface area contributed by atoms with E-state index in [9.17, 15) is 8.42 Å². The average Bonchev–Trinajstić information content (AvgIpc) is 2.97. The van der Waals surface area contributed by atoms with Gasteiger partial charge in [0.15, 0.2) is 0 Å². The highest BCUT2D eigenvalue weighted by Crippen LogP contribution is 2.29. The van der Waals surface area contributed by atoms with Gasteiger partial charge in [-0.15, -0.1) is 0 Å². The van der Waals surface area contributed by atoms with Crippen molar-refractivity contribution in [2.75, 3.05) is 0 Å². The van der Waals surface area contributed by atoms with Crippen LogP contribution in [0.3, 0.4) is 0 Å². The molecule has 0 aliphatic heterocycles. The smallest absolute Gasteiger partial charge is 0.238 e. The first-order valence-corrected chi connectivity index (χ1v) is 7.67. The maximum absolute atomic E-state index is 11.3. The molecule has 106 valence electrons. The number of sulfonamides is 1. The second-order valence-corrected chi connectivity index (χ2v) is 6.03. The molecule has 0 spiro atoms. The Morgan fingerprint density at radius 2 is 1.76 bits per heavy atom. The summed E-state index contributed by atoms with van der Waals surface area (Å²) in [6.45, 7) is 0. The zero-order valence-corrected chi connectivity index (χ0v) is 11.7. The van der Waals surface area contributed by atoms with Gasteiger partial charge in [-0.3, -0.25) is 10.1 Å². The lowest BCUT2D eigenvalue weighted by Crippen LogP contribution is -2.11. The number of aromatic nitrogens is 3. The topological polar surface area (TPSA) is 102 Å². The van der Waals surface area contributed by atoms with E-state index >= 15 is 0 Å². The number of rotatable bonds is 3. The number of nitrogens with zero attached hydrogens (tertiary/aromatic N) is 2.